The number of hydrogen-bond acceptors (Lipinski definition) is 5. The van der Waals surface area contributed by atoms with Crippen molar-refractivity contribution in [3.8, 4) is 6.07 Å². The first-order valence-corrected chi connectivity index (χ1v) is 5.86. The van der Waals surface area contributed by atoms with Crippen LogP contribution in [-0.4, -0.2) is 23.2 Å². The lowest BCUT2D eigenvalue weighted by atomic mass is 10.1. The Morgan fingerprint density at radius 2 is 2.12 bits per heavy atom. The summed E-state index contributed by atoms with van der Waals surface area (Å²) in [6, 6.07) is 2.23. The maximum absolute atomic E-state index is 8.74. The Morgan fingerprint density at radius 1 is 1.31 bits per heavy atom. The van der Waals surface area contributed by atoms with Crippen LogP contribution in [0.1, 0.15) is 37.5 Å². The van der Waals surface area contributed by atoms with Gasteiger partial charge < -0.3 is 9.42 Å². The van der Waals surface area contributed by atoms with Gasteiger partial charge in [-0.3, -0.25) is 0 Å². The smallest absolute Gasteiger partial charge is 0.266 e. The van der Waals surface area contributed by atoms with Gasteiger partial charge in [-0.05, 0) is 30.8 Å². The van der Waals surface area contributed by atoms with Crippen molar-refractivity contribution in [2.45, 2.75) is 31.6 Å². The quantitative estimate of drug-likeness (QED) is 0.755. The van der Waals surface area contributed by atoms with Crippen molar-refractivity contribution in [3.05, 3.63) is 5.89 Å². The highest BCUT2D eigenvalue weighted by Gasteiger charge is 2.43. The molecule has 0 amide bonds. The Bertz CT molecular complexity index is 416. The molecule has 2 unspecified atom stereocenters. The Hall–Kier alpha value is -1.57. The third-order valence-electron chi connectivity index (χ3n) is 3.34. The minimum atomic E-state index is 0.0923. The highest BCUT2D eigenvalue weighted by Crippen LogP contribution is 2.46. The molecule has 5 heteroatoms. The summed E-state index contributed by atoms with van der Waals surface area (Å²) in [5.74, 6) is 1.64. The molecule has 2 atom stereocenters. The number of nitriles is 1. The van der Waals surface area contributed by atoms with Gasteiger partial charge in [-0.25, -0.2) is 0 Å². The van der Waals surface area contributed by atoms with Crippen LogP contribution in [0.3, 0.4) is 0 Å². The summed E-state index contributed by atoms with van der Waals surface area (Å²) >= 11 is 0. The zero-order valence-corrected chi connectivity index (χ0v) is 9.09. The van der Waals surface area contributed by atoms with Gasteiger partial charge >= 0.3 is 0 Å². The van der Waals surface area contributed by atoms with Crippen molar-refractivity contribution in [1.82, 2.24) is 10.1 Å². The summed E-state index contributed by atoms with van der Waals surface area (Å²) in [5.41, 5.74) is 0. The lowest BCUT2D eigenvalue weighted by Gasteiger charge is -2.24. The molecule has 2 aliphatic rings. The van der Waals surface area contributed by atoms with E-state index in [1.807, 2.05) is 0 Å². The first kappa shape index (κ1) is 9.64. The van der Waals surface area contributed by atoms with Crippen LogP contribution < -0.4 is 4.90 Å². The van der Waals surface area contributed by atoms with Crippen molar-refractivity contribution >= 4 is 5.95 Å². The summed E-state index contributed by atoms with van der Waals surface area (Å²) in [7, 11) is 0. The number of rotatable bonds is 2. The van der Waals surface area contributed by atoms with Crippen molar-refractivity contribution in [2.75, 3.05) is 18.0 Å². The number of piperidine rings is 1. The van der Waals surface area contributed by atoms with Gasteiger partial charge in [0.15, 0.2) is 0 Å². The van der Waals surface area contributed by atoms with E-state index < -0.39 is 0 Å². The molecule has 3 rings (SSSR count). The summed E-state index contributed by atoms with van der Waals surface area (Å²) in [5, 5.41) is 12.7. The van der Waals surface area contributed by atoms with Crippen LogP contribution in [0.4, 0.5) is 5.95 Å². The minimum absolute atomic E-state index is 0.0923. The molecule has 0 spiro atoms. The van der Waals surface area contributed by atoms with Crippen molar-refractivity contribution in [2.24, 2.45) is 5.92 Å². The molecule has 2 fully saturated rings. The average Bonchev–Trinajstić information content (AvgIpc) is 2.98. The summed E-state index contributed by atoms with van der Waals surface area (Å²) in [4.78, 5) is 6.56. The highest BCUT2D eigenvalue weighted by atomic mass is 16.5. The molecule has 0 aromatic carbocycles. The van der Waals surface area contributed by atoms with Gasteiger partial charge in [-0.1, -0.05) is 0 Å². The van der Waals surface area contributed by atoms with E-state index in [4.69, 9.17) is 9.78 Å². The van der Waals surface area contributed by atoms with E-state index in [1.165, 1.54) is 19.3 Å². The first-order valence-electron chi connectivity index (χ1n) is 5.86. The summed E-state index contributed by atoms with van der Waals surface area (Å²) in [6.07, 6.45) is 4.57. The Morgan fingerprint density at radius 3 is 2.81 bits per heavy atom. The van der Waals surface area contributed by atoms with Crippen LogP contribution in [0.25, 0.3) is 0 Å². The van der Waals surface area contributed by atoms with Crippen LogP contribution in [0.5, 0.6) is 0 Å². The van der Waals surface area contributed by atoms with E-state index in [1.54, 1.807) is 0 Å². The lowest BCUT2D eigenvalue weighted by molar-refractivity contribution is 0.375. The number of anilines is 1. The predicted octanol–water partition coefficient (Wildman–Crippen LogP) is 1.69. The third kappa shape index (κ3) is 1.64. The molecule has 5 nitrogen and oxygen atoms in total. The molecule has 1 aromatic heterocycles. The Labute approximate surface area is 94.0 Å². The molecule has 1 aliphatic carbocycles. The minimum Gasteiger partial charge on any atom is -0.338 e. The molecule has 0 bridgehead atoms. The molecule has 0 N–H and O–H groups in total. The van der Waals surface area contributed by atoms with Gasteiger partial charge in [0, 0.05) is 13.1 Å². The predicted molar refractivity (Wildman–Crippen MR) is 56.8 cm³/mol. The molecular weight excluding hydrogens is 204 g/mol. The molecule has 1 aromatic rings. The number of aromatic nitrogens is 2. The van der Waals surface area contributed by atoms with E-state index in [-0.39, 0.29) is 11.8 Å². The second kappa shape index (κ2) is 3.78. The van der Waals surface area contributed by atoms with Gasteiger partial charge in [-0.15, -0.1) is 0 Å². The number of nitrogens with zero attached hydrogens (tertiary/aromatic N) is 4. The average molecular weight is 218 g/mol. The van der Waals surface area contributed by atoms with Crippen LogP contribution in [-0.2, 0) is 0 Å². The van der Waals surface area contributed by atoms with Gasteiger partial charge in [-0.2, -0.15) is 10.2 Å². The maximum Gasteiger partial charge on any atom is 0.266 e. The second-order valence-corrected chi connectivity index (χ2v) is 4.56. The summed E-state index contributed by atoms with van der Waals surface area (Å²) < 4.78 is 5.22. The molecule has 1 aliphatic heterocycles. The molecular formula is C11H14N4O. The largest absolute Gasteiger partial charge is 0.338 e. The van der Waals surface area contributed by atoms with E-state index >= 15 is 0 Å². The molecule has 2 heterocycles. The molecule has 16 heavy (non-hydrogen) atoms. The fourth-order valence-corrected chi connectivity index (χ4v) is 2.21. The zero-order valence-electron chi connectivity index (χ0n) is 9.09. The second-order valence-electron chi connectivity index (χ2n) is 4.56. The van der Waals surface area contributed by atoms with Crippen LogP contribution in [0.15, 0.2) is 4.52 Å². The van der Waals surface area contributed by atoms with Crippen molar-refractivity contribution < 1.29 is 4.52 Å². The van der Waals surface area contributed by atoms with Crippen molar-refractivity contribution in [1.29, 1.82) is 5.26 Å². The normalized spacial score (nSPS) is 28.8. The SMILES string of the molecule is N#CC1CC1c1nc(N2CCCCC2)no1. The topological polar surface area (TPSA) is 66.0 Å². The molecule has 0 radical (unpaired) electrons. The molecule has 84 valence electrons. The van der Waals surface area contributed by atoms with E-state index in [0.29, 0.717) is 11.8 Å². The monoisotopic (exact) mass is 218 g/mol. The maximum atomic E-state index is 8.74. The van der Waals surface area contributed by atoms with E-state index in [2.05, 4.69) is 21.1 Å². The lowest BCUT2D eigenvalue weighted by Crippen LogP contribution is -2.30. The standard InChI is InChI=1S/C11H14N4O/c12-7-8-6-9(8)10-13-11(14-16-10)15-4-2-1-3-5-15/h8-9H,1-6H2. The van der Waals surface area contributed by atoms with Gasteiger partial charge in [0.05, 0.1) is 17.9 Å². The zero-order chi connectivity index (χ0) is 11.0. The van der Waals surface area contributed by atoms with Crippen molar-refractivity contribution in [3.63, 3.8) is 0 Å². The van der Waals surface area contributed by atoms with Crippen LogP contribution in [0.2, 0.25) is 0 Å². The fraction of sp³-hybridized carbons (Fsp3) is 0.727. The van der Waals surface area contributed by atoms with Gasteiger partial charge in [0.1, 0.15) is 0 Å². The summed E-state index contributed by atoms with van der Waals surface area (Å²) in [6.45, 7) is 2.04. The first-order chi connectivity index (χ1) is 7.88. The van der Waals surface area contributed by atoms with Crippen LogP contribution in [0, 0.1) is 17.2 Å². The molecule has 1 saturated carbocycles. The molecule has 1 saturated heterocycles. The van der Waals surface area contributed by atoms with Gasteiger partial charge in [0.2, 0.25) is 5.89 Å². The van der Waals surface area contributed by atoms with E-state index in [0.717, 1.165) is 19.5 Å². The highest BCUT2D eigenvalue weighted by molar-refractivity contribution is 5.30. The fourth-order valence-electron chi connectivity index (χ4n) is 2.21. The Balaban J connectivity index is 1.70. The third-order valence-corrected chi connectivity index (χ3v) is 3.34. The number of hydrogen-bond donors (Lipinski definition) is 0. The Kier molecular flexibility index (Phi) is 2.28. The van der Waals surface area contributed by atoms with Gasteiger partial charge in [0.25, 0.3) is 5.95 Å². The van der Waals surface area contributed by atoms with Crippen LogP contribution >= 0.6 is 0 Å². The van der Waals surface area contributed by atoms with E-state index in [9.17, 15) is 0 Å².